The van der Waals surface area contributed by atoms with Crippen LogP contribution in [0.25, 0.3) is 0 Å². The monoisotopic (exact) mass is 600 g/mol. The van der Waals surface area contributed by atoms with Crippen molar-refractivity contribution in [2.75, 3.05) is 13.2 Å². The number of hydrogen-bond donors (Lipinski definition) is 1. The van der Waals surface area contributed by atoms with Gasteiger partial charge in [-0.05, 0) is 49.1 Å². The first kappa shape index (κ1) is 36.1. The Bertz CT molecular complexity index is 802. The van der Waals surface area contributed by atoms with Crippen LogP contribution in [0.15, 0.2) is 0 Å². The van der Waals surface area contributed by atoms with Crippen molar-refractivity contribution in [3.05, 3.63) is 0 Å². The number of carbonyl (C=O) groups excluding carboxylic acids is 1. The van der Waals surface area contributed by atoms with Gasteiger partial charge in [0.25, 0.3) is 0 Å². The van der Waals surface area contributed by atoms with Gasteiger partial charge in [-0.3, -0.25) is 4.79 Å². The average Bonchev–Trinajstić information content (AvgIpc) is 3.32. The topological polar surface area (TPSA) is 74.2 Å². The standard InChI is InChI=1S/C32H64O6Si2/c1-13-15-17-19-25-29(33)28(26(38-25)23-36-40(11,12)31(6,7)8)32(34)21-24(37-27(32)20-18-16-14-2)22-35-39(9,10)30(3,4)5/h24-28,34H,13-23H2,1-12H3/t24-,25-,26+,27-,28+,32-/m0/s1. The Morgan fingerprint density at radius 2 is 1.32 bits per heavy atom. The molecule has 0 aromatic rings. The fourth-order valence-electron chi connectivity index (χ4n) is 5.48. The molecule has 2 rings (SSSR count). The van der Waals surface area contributed by atoms with E-state index >= 15 is 0 Å². The van der Waals surface area contributed by atoms with Gasteiger partial charge in [0.1, 0.15) is 11.7 Å². The van der Waals surface area contributed by atoms with Crippen LogP contribution in [0.2, 0.25) is 36.3 Å². The lowest BCUT2D eigenvalue weighted by atomic mass is 9.74. The van der Waals surface area contributed by atoms with Gasteiger partial charge in [-0.1, -0.05) is 93.9 Å². The summed E-state index contributed by atoms with van der Waals surface area (Å²) in [5, 5.41) is 12.7. The third kappa shape index (κ3) is 8.73. The zero-order chi connectivity index (χ0) is 30.6. The summed E-state index contributed by atoms with van der Waals surface area (Å²) in [5.41, 5.74) is -1.28. The van der Waals surface area contributed by atoms with E-state index in [0.29, 0.717) is 26.1 Å². The lowest BCUT2D eigenvalue weighted by molar-refractivity contribution is -0.138. The predicted molar refractivity (Wildman–Crippen MR) is 170 cm³/mol. The van der Waals surface area contributed by atoms with Crippen LogP contribution in [0, 0.1) is 5.92 Å². The highest BCUT2D eigenvalue weighted by atomic mass is 28.4. The van der Waals surface area contributed by atoms with Crippen LogP contribution >= 0.6 is 0 Å². The zero-order valence-corrected chi connectivity index (χ0v) is 30.2. The van der Waals surface area contributed by atoms with Crippen molar-refractivity contribution >= 4 is 22.4 Å². The molecule has 0 radical (unpaired) electrons. The number of rotatable bonds is 15. The molecule has 6 nitrogen and oxygen atoms in total. The summed E-state index contributed by atoms with van der Waals surface area (Å²) in [4.78, 5) is 14.0. The molecule has 0 bridgehead atoms. The summed E-state index contributed by atoms with van der Waals surface area (Å²) in [6, 6.07) is 0. The molecule has 2 fully saturated rings. The number of ether oxygens (including phenoxy) is 2. The van der Waals surface area contributed by atoms with Gasteiger partial charge in [-0.15, -0.1) is 0 Å². The Labute approximate surface area is 248 Å². The van der Waals surface area contributed by atoms with E-state index in [2.05, 4.69) is 81.6 Å². The van der Waals surface area contributed by atoms with Crippen LogP contribution in [0.3, 0.4) is 0 Å². The van der Waals surface area contributed by atoms with Gasteiger partial charge in [-0.2, -0.15) is 0 Å². The molecule has 2 aliphatic heterocycles. The Hall–Kier alpha value is -0.0962. The van der Waals surface area contributed by atoms with Crippen molar-refractivity contribution in [2.45, 2.75) is 179 Å². The lowest BCUT2D eigenvalue weighted by Crippen LogP contribution is -2.53. The van der Waals surface area contributed by atoms with Crippen LogP contribution in [-0.2, 0) is 23.1 Å². The van der Waals surface area contributed by atoms with Crippen molar-refractivity contribution < 1.29 is 28.2 Å². The molecule has 0 aliphatic carbocycles. The van der Waals surface area contributed by atoms with Crippen molar-refractivity contribution in [3.8, 4) is 0 Å². The minimum absolute atomic E-state index is 0.0393. The highest BCUT2D eigenvalue weighted by Crippen LogP contribution is 2.47. The molecule has 8 heteroatoms. The van der Waals surface area contributed by atoms with E-state index in [4.69, 9.17) is 18.3 Å². The Morgan fingerprint density at radius 1 is 0.825 bits per heavy atom. The molecular formula is C32H64O6Si2. The van der Waals surface area contributed by atoms with Crippen LogP contribution in [-0.4, -0.2) is 70.8 Å². The number of carbonyl (C=O) groups is 1. The summed E-state index contributed by atoms with van der Waals surface area (Å²) in [6.07, 6.45) is 6.51. The first-order valence-electron chi connectivity index (χ1n) is 16.2. The smallest absolute Gasteiger partial charge is 0.192 e. The second-order valence-corrected chi connectivity index (χ2v) is 25.2. The van der Waals surface area contributed by atoms with E-state index in [1.54, 1.807) is 0 Å². The van der Waals surface area contributed by atoms with Crippen molar-refractivity contribution in [1.29, 1.82) is 0 Å². The van der Waals surface area contributed by atoms with Crippen LogP contribution < -0.4 is 0 Å². The molecule has 236 valence electrons. The molecule has 6 atom stereocenters. The van der Waals surface area contributed by atoms with E-state index in [1.807, 2.05) is 0 Å². The number of Topliss-reactive ketones (excluding diaryl/α,β-unsaturated/α-hetero) is 1. The molecule has 40 heavy (non-hydrogen) atoms. The van der Waals surface area contributed by atoms with Gasteiger partial charge in [0.2, 0.25) is 0 Å². The molecule has 2 saturated heterocycles. The molecule has 0 saturated carbocycles. The van der Waals surface area contributed by atoms with Crippen molar-refractivity contribution in [3.63, 3.8) is 0 Å². The number of aliphatic hydroxyl groups is 1. The Kier molecular flexibility index (Phi) is 12.7. The summed E-state index contributed by atoms with van der Waals surface area (Å²) < 4.78 is 26.2. The minimum Gasteiger partial charge on any atom is -0.414 e. The van der Waals surface area contributed by atoms with Crippen LogP contribution in [0.4, 0.5) is 0 Å². The predicted octanol–water partition coefficient (Wildman–Crippen LogP) is 8.03. The van der Waals surface area contributed by atoms with E-state index in [0.717, 1.165) is 44.9 Å². The SMILES string of the molecule is CCCCC[C@@H]1O[C@H](CO[Si](C)(C)C(C)(C)C)[C@@H]([C@]2(O)C[C@@H](CO[Si](C)(C)C(C)(C)C)O[C@H]2CCCCC)C1=O. The second-order valence-electron chi connectivity index (χ2n) is 15.6. The molecule has 0 spiro atoms. The van der Waals surface area contributed by atoms with Gasteiger partial charge in [0, 0.05) is 6.42 Å². The number of unbranched alkanes of at least 4 members (excludes halogenated alkanes) is 4. The molecule has 0 unspecified atom stereocenters. The fourth-order valence-corrected chi connectivity index (χ4v) is 7.53. The number of hydrogen-bond acceptors (Lipinski definition) is 6. The first-order valence-corrected chi connectivity index (χ1v) is 22.0. The van der Waals surface area contributed by atoms with E-state index in [-0.39, 0.29) is 22.0 Å². The summed E-state index contributed by atoms with van der Waals surface area (Å²) in [7, 11) is -4.05. The van der Waals surface area contributed by atoms with E-state index in [1.165, 1.54) is 0 Å². The van der Waals surface area contributed by atoms with E-state index < -0.39 is 46.5 Å². The van der Waals surface area contributed by atoms with Crippen LogP contribution in [0.1, 0.15) is 113 Å². The van der Waals surface area contributed by atoms with Gasteiger partial charge >= 0.3 is 0 Å². The quantitative estimate of drug-likeness (QED) is 0.151. The second kappa shape index (κ2) is 14.1. The maximum Gasteiger partial charge on any atom is 0.192 e. The van der Waals surface area contributed by atoms with Gasteiger partial charge in [0.05, 0.1) is 37.4 Å². The summed E-state index contributed by atoms with van der Waals surface area (Å²) >= 11 is 0. The third-order valence-corrected chi connectivity index (χ3v) is 19.3. The molecule has 0 aromatic carbocycles. The summed E-state index contributed by atoms with van der Waals surface area (Å²) in [6.45, 7) is 27.5. The molecule has 0 aromatic heterocycles. The molecule has 2 heterocycles. The summed E-state index contributed by atoms with van der Waals surface area (Å²) in [5.74, 6) is -0.606. The molecular weight excluding hydrogens is 537 g/mol. The highest BCUT2D eigenvalue weighted by molar-refractivity contribution is 6.74. The van der Waals surface area contributed by atoms with Gasteiger partial charge in [-0.25, -0.2) is 0 Å². The van der Waals surface area contributed by atoms with Gasteiger partial charge < -0.3 is 23.4 Å². The molecule has 2 aliphatic rings. The maximum atomic E-state index is 14.0. The van der Waals surface area contributed by atoms with Crippen molar-refractivity contribution in [2.24, 2.45) is 5.92 Å². The fraction of sp³-hybridized carbons (Fsp3) is 0.969. The molecule has 0 amide bonds. The minimum atomic E-state index is -2.07. The van der Waals surface area contributed by atoms with Crippen LogP contribution in [0.5, 0.6) is 0 Å². The Balaban J connectivity index is 2.35. The molecule has 1 N–H and O–H groups in total. The maximum absolute atomic E-state index is 14.0. The highest BCUT2D eigenvalue weighted by Gasteiger charge is 2.61. The largest absolute Gasteiger partial charge is 0.414 e. The average molecular weight is 601 g/mol. The Morgan fingerprint density at radius 3 is 1.82 bits per heavy atom. The number of ketones is 1. The lowest BCUT2D eigenvalue weighted by Gasteiger charge is -2.39. The first-order chi connectivity index (χ1) is 18.3. The van der Waals surface area contributed by atoms with E-state index in [9.17, 15) is 9.90 Å². The zero-order valence-electron chi connectivity index (χ0n) is 28.2. The third-order valence-electron chi connectivity index (χ3n) is 10.3. The van der Waals surface area contributed by atoms with Gasteiger partial charge in [0.15, 0.2) is 22.4 Å². The normalized spacial score (nSPS) is 30.4. The van der Waals surface area contributed by atoms with Crippen molar-refractivity contribution in [1.82, 2.24) is 0 Å².